The lowest BCUT2D eigenvalue weighted by Gasteiger charge is -2.16. The molecule has 0 spiro atoms. The minimum absolute atomic E-state index is 0.516. The van der Waals surface area contributed by atoms with Gasteiger partial charge in [-0.2, -0.15) is 0 Å². The molecule has 1 aromatic carbocycles. The average Bonchev–Trinajstić information content (AvgIpc) is 2.21. The molecule has 0 saturated carbocycles. The molecule has 0 radical (unpaired) electrons. The summed E-state index contributed by atoms with van der Waals surface area (Å²) in [5.41, 5.74) is 0.726. The number of carbonyl (C=O) groups is 1. The van der Waals surface area contributed by atoms with E-state index >= 15 is 0 Å². The van der Waals surface area contributed by atoms with Crippen LogP contribution in [0.1, 0.15) is 0 Å². The summed E-state index contributed by atoms with van der Waals surface area (Å²) in [5.74, 6) is 0. The summed E-state index contributed by atoms with van der Waals surface area (Å²) in [6.45, 7) is 0. The molecule has 1 amide bonds. The topological polar surface area (TPSA) is 20.3 Å². The molecule has 1 rings (SSSR count). The molecule has 0 aliphatic heterocycles. The summed E-state index contributed by atoms with van der Waals surface area (Å²) in [5, 5.41) is 0.634. The number of halogens is 1. The molecule has 0 atom stereocenters. The number of carbonyl (C=O) groups excluding carboxylic acids is 1. The van der Waals surface area contributed by atoms with Crippen molar-refractivity contribution in [2.24, 2.45) is 0 Å². The van der Waals surface area contributed by atoms with Crippen molar-refractivity contribution in [3.63, 3.8) is 0 Å². The number of hydrogen-bond donors (Lipinski definition) is 0. The van der Waals surface area contributed by atoms with Gasteiger partial charge in [-0.1, -0.05) is 35.6 Å². The smallest absolute Gasteiger partial charge is 0.219 e. The third-order valence-electron chi connectivity index (χ3n) is 1.58. The second-order valence-electron chi connectivity index (χ2n) is 2.42. The van der Waals surface area contributed by atoms with Crippen molar-refractivity contribution in [2.75, 3.05) is 11.2 Å². The van der Waals surface area contributed by atoms with Crippen molar-refractivity contribution in [1.82, 2.24) is 0 Å². The lowest BCUT2D eigenvalue weighted by molar-refractivity contribution is -0.106. The van der Waals surface area contributed by atoms with Gasteiger partial charge in [0.2, 0.25) is 6.41 Å². The number of anilines is 1. The van der Waals surface area contributed by atoms with Crippen molar-refractivity contribution >= 4 is 52.0 Å². The second kappa shape index (κ2) is 5.34. The minimum Gasteiger partial charge on any atom is -0.278 e. The van der Waals surface area contributed by atoms with Gasteiger partial charge in [0.1, 0.15) is 4.32 Å². The maximum atomic E-state index is 10.8. The van der Waals surface area contributed by atoms with E-state index in [-0.39, 0.29) is 0 Å². The zero-order chi connectivity index (χ0) is 10.6. The molecule has 14 heavy (non-hydrogen) atoms. The van der Waals surface area contributed by atoms with Gasteiger partial charge in [0, 0.05) is 5.02 Å². The van der Waals surface area contributed by atoms with Gasteiger partial charge in [-0.25, -0.2) is 0 Å². The zero-order valence-electron chi connectivity index (χ0n) is 7.44. The van der Waals surface area contributed by atoms with Gasteiger partial charge in [0.15, 0.2) is 0 Å². The summed E-state index contributed by atoms with van der Waals surface area (Å²) < 4.78 is 0.516. The predicted molar refractivity (Wildman–Crippen MR) is 66.1 cm³/mol. The Morgan fingerprint density at radius 2 is 2.07 bits per heavy atom. The van der Waals surface area contributed by atoms with E-state index < -0.39 is 0 Å². The standard InChI is InChI=1S/C9H8ClNOS2/c1-14-9(13)11(6-12)8-4-2-7(10)3-5-8/h2-6H,1H3. The van der Waals surface area contributed by atoms with Gasteiger partial charge in [-0.15, -0.1) is 0 Å². The Bertz CT molecular complexity index is 339. The number of amides is 1. The van der Waals surface area contributed by atoms with Crippen LogP contribution in [-0.4, -0.2) is 17.0 Å². The van der Waals surface area contributed by atoms with Crippen LogP contribution in [0.25, 0.3) is 0 Å². The zero-order valence-corrected chi connectivity index (χ0v) is 9.83. The average molecular weight is 246 g/mol. The third-order valence-corrected chi connectivity index (χ3v) is 3.08. The van der Waals surface area contributed by atoms with Crippen molar-refractivity contribution in [1.29, 1.82) is 0 Å². The van der Waals surface area contributed by atoms with E-state index in [2.05, 4.69) is 0 Å². The van der Waals surface area contributed by atoms with E-state index in [0.717, 1.165) is 5.69 Å². The van der Waals surface area contributed by atoms with E-state index in [1.54, 1.807) is 24.3 Å². The predicted octanol–water partition coefficient (Wildman–Crippen LogP) is 2.95. The number of rotatable bonds is 2. The van der Waals surface area contributed by atoms with Crippen LogP contribution in [0.3, 0.4) is 0 Å². The molecule has 0 fully saturated rings. The summed E-state index contributed by atoms with van der Waals surface area (Å²) in [6, 6.07) is 6.94. The SMILES string of the molecule is CSC(=S)N(C=O)c1ccc(Cl)cc1. The molecule has 0 aromatic heterocycles. The largest absolute Gasteiger partial charge is 0.278 e. The Hall–Kier alpha value is -0.580. The Kier molecular flexibility index (Phi) is 4.38. The highest BCUT2D eigenvalue weighted by Gasteiger charge is 2.09. The normalized spacial score (nSPS) is 9.57. The number of hydrogen-bond acceptors (Lipinski definition) is 3. The van der Waals surface area contributed by atoms with Gasteiger partial charge in [0.25, 0.3) is 0 Å². The van der Waals surface area contributed by atoms with Gasteiger partial charge in [-0.05, 0) is 30.5 Å². The molecule has 5 heteroatoms. The number of thiocarbonyl (C=S) groups is 1. The van der Waals surface area contributed by atoms with Crippen LogP contribution in [0, 0.1) is 0 Å². The van der Waals surface area contributed by atoms with Crippen molar-refractivity contribution in [2.45, 2.75) is 0 Å². The van der Waals surface area contributed by atoms with Crippen LogP contribution >= 0.6 is 35.6 Å². The molecule has 2 nitrogen and oxygen atoms in total. The van der Waals surface area contributed by atoms with E-state index in [0.29, 0.717) is 15.8 Å². The Morgan fingerprint density at radius 1 is 1.50 bits per heavy atom. The van der Waals surface area contributed by atoms with E-state index in [4.69, 9.17) is 23.8 Å². The van der Waals surface area contributed by atoms with Gasteiger partial charge in [0.05, 0.1) is 5.69 Å². The number of thioether (sulfide) groups is 1. The molecule has 0 bridgehead atoms. The maximum absolute atomic E-state index is 10.8. The highest BCUT2D eigenvalue weighted by Crippen LogP contribution is 2.19. The molecule has 0 saturated heterocycles. The lowest BCUT2D eigenvalue weighted by atomic mass is 10.3. The maximum Gasteiger partial charge on any atom is 0.219 e. The summed E-state index contributed by atoms with van der Waals surface area (Å²) in [7, 11) is 0. The first-order chi connectivity index (χ1) is 6.69. The van der Waals surface area contributed by atoms with Crippen molar-refractivity contribution in [3.05, 3.63) is 29.3 Å². The molecule has 74 valence electrons. The highest BCUT2D eigenvalue weighted by atomic mass is 35.5. The Balaban J connectivity index is 2.95. The first-order valence-electron chi connectivity index (χ1n) is 3.77. The van der Waals surface area contributed by atoms with Crippen LogP contribution in [0.2, 0.25) is 5.02 Å². The molecule has 0 aliphatic carbocycles. The van der Waals surface area contributed by atoms with Crippen molar-refractivity contribution < 1.29 is 4.79 Å². The molecular formula is C9H8ClNOS2. The van der Waals surface area contributed by atoms with Crippen LogP contribution in [-0.2, 0) is 4.79 Å². The van der Waals surface area contributed by atoms with Crippen molar-refractivity contribution in [3.8, 4) is 0 Å². The second-order valence-corrected chi connectivity index (χ2v) is 4.30. The molecule has 0 unspecified atom stereocenters. The quantitative estimate of drug-likeness (QED) is 0.590. The first kappa shape index (κ1) is 11.5. The highest BCUT2D eigenvalue weighted by molar-refractivity contribution is 8.23. The van der Waals surface area contributed by atoms with Gasteiger partial charge >= 0.3 is 0 Å². The van der Waals surface area contributed by atoms with E-state index in [1.165, 1.54) is 16.7 Å². The van der Waals surface area contributed by atoms with E-state index in [9.17, 15) is 4.79 Å². The summed E-state index contributed by atoms with van der Waals surface area (Å²) >= 11 is 12.1. The molecular weight excluding hydrogens is 238 g/mol. The Morgan fingerprint density at radius 3 is 2.50 bits per heavy atom. The molecule has 0 heterocycles. The fourth-order valence-corrected chi connectivity index (χ4v) is 1.53. The van der Waals surface area contributed by atoms with Crippen LogP contribution in [0.4, 0.5) is 5.69 Å². The molecule has 1 aromatic rings. The fraction of sp³-hybridized carbons (Fsp3) is 0.111. The number of benzene rings is 1. The first-order valence-corrected chi connectivity index (χ1v) is 5.78. The summed E-state index contributed by atoms with van der Waals surface area (Å²) in [4.78, 5) is 12.2. The molecule has 0 aliphatic rings. The van der Waals surface area contributed by atoms with Crippen LogP contribution in [0.5, 0.6) is 0 Å². The van der Waals surface area contributed by atoms with Gasteiger partial charge < -0.3 is 0 Å². The fourth-order valence-electron chi connectivity index (χ4n) is 0.909. The monoisotopic (exact) mass is 245 g/mol. The summed E-state index contributed by atoms with van der Waals surface area (Å²) in [6.07, 6.45) is 2.52. The van der Waals surface area contributed by atoms with Crippen LogP contribution in [0.15, 0.2) is 24.3 Å². The Labute approximate surface area is 97.2 Å². The van der Waals surface area contributed by atoms with Gasteiger partial charge in [-0.3, -0.25) is 9.69 Å². The van der Waals surface area contributed by atoms with E-state index in [1.807, 2.05) is 6.26 Å². The minimum atomic E-state index is 0.516. The third kappa shape index (κ3) is 2.70. The lowest BCUT2D eigenvalue weighted by Crippen LogP contribution is -2.24. The molecule has 0 N–H and O–H groups in total. The van der Waals surface area contributed by atoms with Crippen LogP contribution < -0.4 is 4.90 Å². The number of nitrogens with zero attached hydrogens (tertiary/aromatic N) is 1.